The highest BCUT2D eigenvalue weighted by atomic mass is 16.4. The van der Waals surface area contributed by atoms with Crippen molar-refractivity contribution in [3.63, 3.8) is 0 Å². The highest BCUT2D eigenvalue weighted by Gasteiger charge is 2.28. The van der Waals surface area contributed by atoms with Crippen LogP contribution < -0.4 is 0 Å². The summed E-state index contributed by atoms with van der Waals surface area (Å²) in [6.07, 6.45) is 1.03. The van der Waals surface area contributed by atoms with Gasteiger partial charge in [-0.2, -0.15) is 0 Å². The van der Waals surface area contributed by atoms with Gasteiger partial charge in [-0.1, -0.05) is 0 Å². The molecule has 0 radical (unpaired) electrons. The van der Waals surface area contributed by atoms with E-state index < -0.39 is 5.97 Å². The highest BCUT2D eigenvalue weighted by molar-refractivity contribution is 5.79. The smallest absolute Gasteiger partial charge is 0.303 e. The average Bonchev–Trinajstić information content (AvgIpc) is 2.85. The molecule has 1 N–H and O–H groups in total. The second kappa shape index (κ2) is 6.89. The zero-order chi connectivity index (χ0) is 15.4. The van der Waals surface area contributed by atoms with E-state index in [0.29, 0.717) is 39.3 Å². The van der Waals surface area contributed by atoms with Crippen LogP contribution in [0, 0.1) is 5.92 Å². The Balaban J connectivity index is 1.73. The van der Waals surface area contributed by atoms with Crippen molar-refractivity contribution < 1.29 is 19.5 Å². The lowest BCUT2D eigenvalue weighted by molar-refractivity contribution is -0.139. The molecule has 7 heteroatoms. The minimum Gasteiger partial charge on any atom is -0.481 e. The molecule has 0 aromatic heterocycles. The second-order valence-corrected chi connectivity index (χ2v) is 5.87. The van der Waals surface area contributed by atoms with E-state index in [1.54, 1.807) is 16.7 Å². The monoisotopic (exact) mass is 297 g/mol. The van der Waals surface area contributed by atoms with E-state index in [1.807, 2.05) is 4.90 Å². The molecule has 1 atom stereocenters. The molecule has 1 unspecified atom stereocenters. The Labute approximate surface area is 124 Å². The van der Waals surface area contributed by atoms with Crippen molar-refractivity contribution in [2.24, 2.45) is 5.92 Å². The molecule has 0 aliphatic carbocycles. The van der Waals surface area contributed by atoms with Gasteiger partial charge in [0.1, 0.15) is 0 Å². The van der Waals surface area contributed by atoms with E-state index in [9.17, 15) is 14.4 Å². The molecule has 0 spiro atoms. The molecule has 21 heavy (non-hydrogen) atoms. The van der Waals surface area contributed by atoms with Gasteiger partial charge < -0.3 is 14.9 Å². The van der Waals surface area contributed by atoms with Gasteiger partial charge in [-0.05, 0) is 18.9 Å². The molecule has 2 aliphatic heterocycles. The number of aliphatic carboxylic acids is 1. The second-order valence-electron chi connectivity index (χ2n) is 5.87. The number of hydrogen-bond acceptors (Lipinski definition) is 4. The molecule has 2 rings (SSSR count). The predicted octanol–water partition coefficient (Wildman–Crippen LogP) is -0.526. The lowest BCUT2D eigenvalue weighted by atomic mass is 10.1. The maximum atomic E-state index is 12.2. The van der Waals surface area contributed by atoms with Crippen LogP contribution >= 0.6 is 0 Å². The van der Waals surface area contributed by atoms with Crippen LogP contribution in [0.2, 0.25) is 0 Å². The lowest BCUT2D eigenvalue weighted by Crippen LogP contribution is -2.52. The van der Waals surface area contributed by atoms with E-state index in [0.717, 1.165) is 13.0 Å². The number of hydrogen-bond donors (Lipinski definition) is 1. The molecule has 0 bridgehead atoms. The van der Waals surface area contributed by atoms with Crippen molar-refractivity contribution in [1.82, 2.24) is 14.7 Å². The fourth-order valence-corrected chi connectivity index (χ4v) is 3.03. The number of carboxylic acid groups (broad SMARTS) is 1. The molecule has 0 saturated carbocycles. The first kappa shape index (κ1) is 15.8. The number of rotatable bonds is 4. The maximum absolute atomic E-state index is 12.2. The van der Waals surface area contributed by atoms with E-state index in [-0.39, 0.29) is 24.2 Å². The zero-order valence-electron chi connectivity index (χ0n) is 12.5. The molecule has 2 saturated heterocycles. The van der Waals surface area contributed by atoms with Gasteiger partial charge in [-0.15, -0.1) is 0 Å². The average molecular weight is 297 g/mol. The van der Waals surface area contributed by atoms with Crippen molar-refractivity contribution in [3.05, 3.63) is 0 Å². The Kier molecular flexibility index (Phi) is 5.17. The number of carboxylic acids is 1. The molecule has 2 aliphatic rings. The Morgan fingerprint density at radius 2 is 1.67 bits per heavy atom. The van der Waals surface area contributed by atoms with Gasteiger partial charge in [0.25, 0.3) is 0 Å². The normalized spacial score (nSPS) is 23.4. The van der Waals surface area contributed by atoms with Gasteiger partial charge in [0.15, 0.2) is 0 Å². The van der Waals surface area contributed by atoms with Crippen LogP contribution in [-0.2, 0) is 14.4 Å². The molecule has 2 fully saturated rings. The fourth-order valence-electron chi connectivity index (χ4n) is 3.03. The maximum Gasteiger partial charge on any atom is 0.303 e. The molecule has 7 nitrogen and oxygen atoms in total. The SMILES string of the molecule is CC(=O)N1CCN(C(=O)CN2CCC(CC(=O)O)C2)CC1. The number of nitrogens with zero attached hydrogens (tertiary/aromatic N) is 3. The van der Waals surface area contributed by atoms with Crippen LogP contribution in [0.3, 0.4) is 0 Å². The molecular formula is C14H23N3O4. The summed E-state index contributed by atoms with van der Waals surface area (Å²) >= 11 is 0. The largest absolute Gasteiger partial charge is 0.481 e. The summed E-state index contributed by atoms with van der Waals surface area (Å²) in [6, 6.07) is 0. The van der Waals surface area contributed by atoms with Crippen molar-refractivity contribution >= 4 is 17.8 Å². The Hall–Kier alpha value is -1.63. The third-order valence-electron chi connectivity index (χ3n) is 4.27. The van der Waals surface area contributed by atoms with E-state index >= 15 is 0 Å². The molecule has 0 aromatic rings. The third-order valence-corrected chi connectivity index (χ3v) is 4.27. The van der Waals surface area contributed by atoms with Crippen LogP contribution in [0.4, 0.5) is 0 Å². The first-order chi connectivity index (χ1) is 9.95. The van der Waals surface area contributed by atoms with Gasteiger partial charge in [0, 0.05) is 46.1 Å². The number of amides is 2. The molecule has 118 valence electrons. The third kappa shape index (κ3) is 4.42. The zero-order valence-corrected chi connectivity index (χ0v) is 12.5. The van der Waals surface area contributed by atoms with Crippen LogP contribution in [0.1, 0.15) is 19.8 Å². The van der Waals surface area contributed by atoms with Crippen LogP contribution in [0.15, 0.2) is 0 Å². The van der Waals surface area contributed by atoms with Crippen molar-refractivity contribution in [1.29, 1.82) is 0 Å². The Morgan fingerprint density at radius 3 is 2.24 bits per heavy atom. The molecular weight excluding hydrogens is 274 g/mol. The lowest BCUT2D eigenvalue weighted by Gasteiger charge is -2.35. The fraction of sp³-hybridized carbons (Fsp3) is 0.786. The minimum atomic E-state index is -0.770. The summed E-state index contributed by atoms with van der Waals surface area (Å²) in [7, 11) is 0. The summed E-state index contributed by atoms with van der Waals surface area (Å²) in [6.45, 7) is 5.75. The van der Waals surface area contributed by atoms with Gasteiger partial charge in [-0.25, -0.2) is 0 Å². The quantitative estimate of drug-likeness (QED) is 0.755. The summed E-state index contributed by atoms with van der Waals surface area (Å²) in [4.78, 5) is 39.7. The molecule has 2 amide bonds. The summed E-state index contributed by atoms with van der Waals surface area (Å²) < 4.78 is 0. The Morgan fingerprint density at radius 1 is 1.05 bits per heavy atom. The predicted molar refractivity (Wildman–Crippen MR) is 75.6 cm³/mol. The first-order valence-electron chi connectivity index (χ1n) is 7.43. The minimum absolute atomic E-state index is 0.0538. The summed E-state index contributed by atoms with van der Waals surface area (Å²) in [5, 5.41) is 8.79. The van der Waals surface area contributed by atoms with Gasteiger partial charge in [0.2, 0.25) is 11.8 Å². The van der Waals surface area contributed by atoms with E-state index in [4.69, 9.17) is 5.11 Å². The van der Waals surface area contributed by atoms with Crippen molar-refractivity contribution in [2.45, 2.75) is 19.8 Å². The standard InChI is InChI=1S/C14H23N3O4/c1-11(18)16-4-6-17(7-5-16)13(19)10-15-3-2-12(9-15)8-14(20)21/h12H,2-10H2,1H3,(H,20,21). The highest BCUT2D eigenvalue weighted by Crippen LogP contribution is 2.19. The van der Waals surface area contributed by atoms with Crippen molar-refractivity contribution in [3.8, 4) is 0 Å². The number of piperazine rings is 1. The van der Waals surface area contributed by atoms with Gasteiger partial charge in [-0.3, -0.25) is 19.3 Å². The molecule has 2 heterocycles. The van der Waals surface area contributed by atoms with E-state index in [1.165, 1.54) is 0 Å². The number of carbonyl (C=O) groups is 3. The first-order valence-corrected chi connectivity index (χ1v) is 7.43. The Bertz CT molecular complexity index is 418. The molecule has 0 aromatic carbocycles. The van der Waals surface area contributed by atoms with Crippen LogP contribution in [-0.4, -0.2) is 83.4 Å². The van der Waals surface area contributed by atoms with Crippen molar-refractivity contribution in [2.75, 3.05) is 45.8 Å². The summed E-state index contributed by atoms with van der Waals surface area (Å²) in [5.41, 5.74) is 0. The number of carbonyl (C=O) groups excluding carboxylic acids is 2. The number of likely N-dealkylation sites (tertiary alicyclic amines) is 1. The van der Waals surface area contributed by atoms with E-state index in [2.05, 4.69) is 0 Å². The van der Waals surface area contributed by atoms with Crippen LogP contribution in [0.5, 0.6) is 0 Å². The summed E-state index contributed by atoms with van der Waals surface area (Å²) in [5.74, 6) is -0.481. The van der Waals surface area contributed by atoms with Crippen LogP contribution in [0.25, 0.3) is 0 Å². The van der Waals surface area contributed by atoms with Gasteiger partial charge in [0.05, 0.1) is 6.54 Å². The topological polar surface area (TPSA) is 81.2 Å². The van der Waals surface area contributed by atoms with Gasteiger partial charge >= 0.3 is 5.97 Å².